The zero-order valence-electron chi connectivity index (χ0n) is 16.8. The van der Waals surface area contributed by atoms with Crippen LogP contribution >= 0.6 is 11.6 Å². The van der Waals surface area contributed by atoms with Gasteiger partial charge in [-0.25, -0.2) is 15.0 Å². The lowest BCUT2D eigenvalue weighted by molar-refractivity contribution is 0.623. The third-order valence-corrected chi connectivity index (χ3v) is 5.59. The predicted molar refractivity (Wildman–Crippen MR) is 120 cm³/mol. The molecule has 7 heteroatoms. The largest absolute Gasteiger partial charge is 0.304 e. The molecular weight excluding hydrogens is 398 g/mol. The number of aromatic nitrogens is 5. The molecule has 5 aromatic rings. The van der Waals surface area contributed by atoms with Crippen LogP contribution in [0.25, 0.3) is 33.2 Å². The van der Waals surface area contributed by atoms with Crippen LogP contribution in [0.15, 0.2) is 53.3 Å². The molecule has 5 rings (SSSR count). The Kier molecular flexibility index (Phi) is 4.51. The number of fused-ring (bicyclic) bond motifs is 4. The van der Waals surface area contributed by atoms with Gasteiger partial charge in [-0.15, -0.1) is 0 Å². The summed E-state index contributed by atoms with van der Waals surface area (Å²) >= 11 is 6.05. The first kappa shape index (κ1) is 18.8. The second-order valence-electron chi connectivity index (χ2n) is 7.41. The summed E-state index contributed by atoms with van der Waals surface area (Å²) in [6.45, 7) is 5.07. The first-order chi connectivity index (χ1) is 14.6. The summed E-state index contributed by atoms with van der Waals surface area (Å²) in [5.74, 6) is 0.694. The SMILES string of the molecule is CCCn1c(C)nc2c(c1=O)c1nc3ccccc3nc1n2Cc1ccc(Cl)cc1. The summed E-state index contributed by atoms with van der Waals surface area (Å²) in [4.78, 5) is 27.9. The van der Waals surface area contributed by atoms with Gasteiger partial charge in [-0.05, 0) is 43.2 Å². The third-order valence-electron chi connectivity index (χ3n) is 5.34. The standard InChI is InChI=1S/C23H20ClN5O/c1-3-12-28-14(2)25-21-19(23(28)30)20-22(27-18-7-5-4-6-17(18)26-20)29(21)13-15-8-10-16(24)11-9-15/h4-11H,3,12-13H2,1-2H3. The van der Waals surface area contributed by atoms with E-state index < -0.39 is 0 Å². The second kappa shape index (κ2) is 7.22. The molecule has 0 saturated heterocycles. The van der Waals surface area contributed by atoms with Gasteiger partial charge in [0.1, 0.15) is 16.7 Å². The van der Waals surface area contributed by atoms with E-state index in [0.717, 1.165) is 23.0 Å². The topological polar surface area (TPSA) is 65.6 Å². The van der Waals surface area contributed by atoms with Crippen LogP contribution in [-0.4, -0.2) is 24.1 Å². The molecule has 2 aromatic carbocycles. The molecule has 0 saturated carbocycles. The number of nitrogens with zero attached hydrogens (tertiary/aromatic N) is 5. The Morgan fingerprint density at radius 1 is 0.900 bits per heavy atom. The summed E-state index contributed by atoms with van der Waals surface area (Å²) in [6, 6.07) is 15.4. The monoisotopic (exact) mass is 417 g/mol. The number of hydrogen-bond acceptors (Lipinski definition) is 4. The summed E-state index contributed by atoms with van der Waals surface area (Å²) in [7, 11) is 0. The van der Waals surface area contributed by atoms with Gasteiger partial charge in [0.15, 0.2) is 11.3 Å². The smallest absolute Gasteiger partial charge is 0.265 e. The molecule has 3 aromatic heterocycles. The molecule has 0 fully saturated rings. The van der Waals surface area contributed by atoms with E-state index in [1.165, 1.54) is 0 Å². The van der Waals surface area contributed by atoms with E-state index in [-0.39, 0.29) is 5.56 Å². The van der Waals surface area contributed by atoms with Crippen LogP contribution < -0.4 is 5.56 Å². The van der Waals surface area contributed by atoms with Crippen LogP contribution in [0.4, 0.5) is 0 Å². The molecule has 0 N–H and O–H groups in total. The van der Waals surface area contributed by atoms with Crippen LogP contribution in [0.1, 0.15) is 24.7 Å². The molecule has 30 heavy (non-hydrogen) atoms. The fourth-order valence-corrected chi connectivity index (χ4v) is 4.03. The summed E-state index contributed by atoms with van der Waals surface area (Å²) in [5, 5.41) is 1.21. The fraction of sp³-hybridized carbons (Fsp3) is 0.217. The molecule has 0 unspecified atom stereocenters. The van der Waals surface area contributed by atoms with Crippen molar-refractivity contribution in [3.63, 3.8) is 0 Å². The van der Waals surface area contributed by atoms with Crippen LogP contribution in [0.3, 0.4) is 0 Å². The van der Waals surface area contributed by atoms with Gasteiger partial charge in [-0.2, -0.15) is 0 Å². The van der Waals surface area contributed by atoms with Gasteiger partial charge in [0.25, 0.3) is 5.56 Å². The molecule has 150 valence electrons. The fourth-order valence-electron chi connectivity index (χ4n) is 3.91. The van der Waals surface area contributed by atoms with Crippen molar-refractivity contribution in [3.8, 4) is 0 Å². The Balaban J connectivity index is 1.88. The lowest BCUT2D eigenvalue weighted by Crippen LogP contribution is -2.24. The molecule has 0 spiro atoms. The summed E-state index contributed by atoms with van der Waals surface area (Å²) < 4.78 is 3.71. The van der Waals surface area contributed by atoms with Crippen LogP contribution in [-0.2, 0) is 13.1 Å². The lowest BCUT2D eigenvalue weighted by Gasteiger charge is -2.10. The van der Waals surface area contributed by atoms with Crippen LogP contribution in [0.2, 0.25) is 5.02 Å². The molecular formula is C23H20ClN5O. The van der Waals surface area contributed by atoms with Gasteiger partial charge >= 0.3 is 0 Å². The molecule has 3 heterocycles. The van der Waals surface area contributed by atoms with Crippen molar-refractivity contribution in [3.05, 3.63) is 75.3 Å². The van der Waals surface area contributed by atoms with Crippen molar-refractivity contribution in [1.29, 1.82) is 0 Å². The number of para-hydroxylation sites is 2. The Hall–Kier alpha value is -3.25. The van der Waals surface area contributed by atoms with Gasteiger partial charge < -0.3 is 4.57 Å². The number of rotatable bonds is 4. The number of halogens is 1. The number of hydrogen-bond donors (Lipinski definition) is 0. The Morgan fingerprint density at radius 2 is 1.60 bits per heavy atom. The Labute approximate surface area is 177 Å². The molecule has 0 aliphatic rings. The van der Waals surface area contributed by atoms with Crippen molar-refractivity contribution >= 4 is 44.8 Å². The maximum atomic E-state index is 13.4. The van der Waals surface area contributed by atoms with Crippen molar-refractivity contribution < 1.29 is 0 Å². The maximum absolute atomic E-state index is 13.4. The van der Waals surface area contributed by atoms with E-state index >= 15 is 0 Å². The molecule has 0 atom stereocenters. The zero-order chi connectivity index (χ0) is 20.8. The van der Waals surface area contributed by atoms with E-state index in [4.69, 9.17) is 26.6 Å². The van der Waals surface area contributed by atoms with Gasteiger partial charge in [0.05, 0.1) is 17.6 Å². The molecule has 0 radical (unpaired) electrons. The zero-order valence-corrected chi connectivity index (χ0v) is 17.5. The van der Waals surface area contributed by atoms with Crippen LogP contribution in [0.5, 0.6) is 0 Å². The maximum Gasteiger partial charge on any atom is 0.265 e. The highest BCUT2D eigenvalue weighted by Gasteiger charge is 2.21. The molecule has 0 aliphatic carbocycles. The summed E-state index contributed by atoms with van der Waals surface area (Å²) in [5.41, 5.74) is 4.41. The van der Waals surface area contributed by atoms with E-state index in [0.29, 0.717) is 46.1 Å². The van der Waals surface area contributed by atoms with Crippen LogP contribution in [0, 0.1) is 6.92 Å². The third kappa shape index (κ3) is 2.95. The Bertz CT molecular complexity index is 1470. The minimum Gasteiger partial charge on any atom is -0.304 e. The highest BCUT2D eigenvalue weighted by molar-refractivity contribution is 6.30. The van der Waals surface area contributed by atoms with E-state index in [1.54, 1.807) is 4.57 Å². The van der Waals surface area contributed by atoms with Crippen molar-refractivity contribution in [2.75, 3.05) is 0 Å². The van der Waals surface area contributed by atoms with E-state index in [9.17, 15) is 4.79 Å². The second-order valence-corrected chi connectivity index (χ2v) is 7.85. The quantitative estimate of drug-likeness (QED) is 0.424. The van der Waals surface area contributed by atoms with E-state index in [2.05, 4.69) is 0 Å². The van der Waals surface area contributed by atoms with Crippen molar-refractivity contribution in [2.45, 2.75) is 33.4 Å². The molecule has 0 aliphatic heterocycles. The Morgan fingerprint density at radius 3 is 2.30 bits per heavy atom. The van der Waals surface area contributed by atoms with Gasteiger partial charge in [0.2, 0.25) is 0 Å². The average Bonchev–Trinajstić information content (AvgIpc) is 3.03. The molecule has 0 bridgehead atoms. The summed E-state index contributed by atoms with van der Waals surface area (Å²) in [6.07, 6.45) is 0.853. The normalized spacial score (nSPS) is 11.7. The number of benzene rings is 2. The first-order valence-corrected chi connectivity index (χ1v) is 10.3. The average molecular weight is 418 g/mol. The highest BCUT2D eigenvalue weighted by Crippen LogP contribution is 2.26. The highest BCUT2D eigenvalue weighted by atomic mass is 35.5. The minimum atomic E-state index is -0.0659. The van der Waals surface area contributed by atoms with Gasteiger partial charge in [-0.3, -0.25) is 9.36 Å². The first-order valence-electron chi connectivity index (χ1n) is 9.97. The van der Waals surface area contributed by atoms with Gasteiger partial charge in [-0.1, -0.05) is 42.8 Å². The molecule has 6 nitrogen and oxygen atoms in total. The van der Waals surface area contributed by atoms with Crippen molar-refractivity contribution in [2.24, 2.45) is 0 Å². The van der Waals surface area contributed by atoms with Crippen molar-refractivity contribution in [1.82, 2.24) is 24.1 Å². The number of aryl methyl sites for hydroxylation is 1. The molecule has 0 amide bonds. The predicted octanol–water partition coefficient (Wildman–Crippen LogP) is 4.71. The minimum absolute atomic E-state index is 0.0659. The lowest BCUT2D eigenvalue weighted by atomic mass is 10.2. The van der Waals surface area contributed by atoms with Gasteiger partial charge in [0, 0.05) is 11.6 Å². The van der Waals surface area contributed by atoms with E-state index in [1.807, 2.05) is 66.9 Å².